The van der Waals surface area contributed by atoms with Crippen molar-refractivity contribution in [2.24, 2.45) is 10.8 Å². The molecule has 0 saturated carbocycles. The molecular formula is C17H28O. The van der Waals surface area contributed by atoms with Gasteiger partial charge in [0.15, 0.2) is 0 Å². The average Bonchev–Trinajstić information content (AvgIpc) is 2.07. The van der Waals surface area contributed by atoms with Gasteiger partial charge in [-0.15, -0.1) is 0 Å². The summed E-state index contributed by atoms with van der Waals surface area (Å²) in [6.45, 7) is 15.3. The van der Waals surface area contributed by atoms with E-state index in [2.05, 4.69) is 60.6 Å². The van der Waals surface area contributed by atoms with Gasteiger partial charge in [-0.1, -0.05) is 59.2 Å². The molecule has 0 fully saturated rings. The predicted molar refractivity (Wildman–Crippen MR) is 79.2 cm³/mol. The molecule has 0 aliphatic rings. The Bertz CT molecular complexity index is 379. The topological polar surface area (TPSA) is 20.2 Å². The normalized spacial score (nSPS) is 12.8. The van der Waals surface area contributed by atoms with E-state index in [1.54, 1.807) is 0 Å². The van der Waals surface area contributed by atoms with Crippen LogP contribution in [0.5, 0.6) is 5.75 Å². The van der Waals surface area contributed by atoms with Crippen LogP contribution in [0.4, 0.5) is 0 Å². The summed E-state index contributed by atoms with van der Waals surface area (Å²) in [6.07, 6.45) is 1.83. The van der Waals surface area contributed by atoms with Crippen molar-refractivity contribution in [3.63, 3.8) is 0 Å². The van der Waals surface area contributed by atoms with E-state index in [1.807, 2.05) is 0 Å². The average molecular weight is 248 g/mol. The van der Waals surface area contributed by atoms with Gasteiger partial charge in [-0.05, 0) is 41.7 Å². The quantitative estimate of drug-likeness (QED) is 0.791. The molecule has 0 bridgehead atoms. The zero-order valence-corrected chi connectivity index (χ0v) is 13.0. The zero-order chi connectivity index (χ0) is 14.1. The van der Waals surface area contributed by atoms with Crippen LogP contribution in [0.15, 0.2) is 12.1 Å². The Hall–Kier alpha value is -0.980. The summed E-state index contributed by atoms with van der Waals surface area (Å²) < 4.78 is 0. The Morgan fingerprint density at radius 3 is 1.44 bits per heavy atom. The van der Waals surface area contributed by atoms with Gasteiger partial charge in [-0.3, -0.25) is 0 Å². The fraction of sp³-hybridized carbons (Fsp3) is 0.647. The van der Waals surface area contributed by atoms with E-state index in [1.165, 1.54) is 5.56 Å². The molecule has 0 amide bonds. The van der Waals surface area contributed by atoms with Gasteiger partial charge in [0.1, 0.15) is 5.75 Å². The number of phenolic OH excluding ortho intramolecular Hbond substituents is 1. The van der Waals surface area contributed by atoms with Crippen LogP contribution in [0.3, 0.4) is 0 Å². The molecule has 0 unspecified atom stereocenters. The summed E-state index contributed by atoms with van der Waals surface area (Å²) in [4.78, 5) is 0. The van der Waals surface area contributed by atoms with Gasteiger partial charge in [0, 0.05) is 0 Å². The van der Waals surface area contributed by atoms with E-state index >= 15 is 0 Å². The second kappa shape index (κ2) is 4.95. The third kappa shape index (κ3) is 4.72. The second-order valence-corrected chi connectivity index (χ2v) is 7.91. The molecule has 0 saturated heterocycles. The lowest BCUT2D eigenvalue weighted by Crippen LogP contribution is -2.12. The van der Waals surface area contributed by atoms with Crippen molar-refractivity contribution in [2.75, 3.05) is 0 Å². The van der Waals surface area contributed by atoms with Gasteiger partial charge in [0.25, 0.3) is 0 Å². The van der Waals surface area contributed by atoms with Crippen LogP contribution in [0.1, 0.15) is 58.2 Å². The Morgan fingerprint density at radius 2 is 1.17 bits per heavy atom. The maximum Gasteiger partial charge on any atom is 0.122 e. The molecule has 0 atom stereocenters. The van der Waals surface area contributed by atoms with Gasteiger partial charge in [0.05, 0.1) is 0 Å². The van der Waals surface area contributed by atoms with Crippen LogP contribution in [0, 0.1) is 17.8 Å². The molecule has 1 rings (SSSR count). The van der Waals surface area contributed by atoms with E-state index in [0.717, 1.165) is 24.0 Å². The number of rotatable bonds is 2. The minimum atomic E-state index is 0.199. The van der Waals surface area contributed by atoms with Crippen molar-refractivity contribution in [1.82, 2.24) is 0 Å². The molecule has 0 aromatic heterocycles. The maximum absolute atomic E-state index is 10.4. The van der Waals surface area contributed by atoms with Crippen molar-refractivity contribution >= 4 is 0 Å². The van der Waals surface area contributed by atoms with Crippen LogP contribution in [-0.2, 0) is 12.8 Å². The highest BCUT2D eigenvalue weighted by Gasteiger charge is 2.19. The molecule has 1 aromatic rings. The Morgan fingerprint density at radius 1 is 0.833 bits per heavy atom. The monoisotopic (exact) mass is 248 g/mol. The molecule has 1 aromatic carbocycles. The maximum atomic E-state index is 10.4. The molecule has 0 heterocycles. The molecule has 18 heavy (non-hydrogen) atoms. The van der Waals surface area contributed by atoms with E-state index in [9.17, 15) is 5.11 Å². The van der Waals surface area contributed by atoms with E-state index in [-0.39, 0.29) is 10.8 Å². The summed E-state index contributed by atoms with van der Waals surface area (Å²) >= 11 is 0. The Kier molecular flexibility index (Phi) is 4.15. The first-order chi connectivity index (χ1) is 7.98. The largest absolute Gasteiger partial charge is 0.507 e. The second-order valence-electron chi connectivity index (χ2n) is 7.91. The minimum Gasteiger partial charge on any atom is -0.507 e. The number of aryl methyl sites for hydroxylation is 1. The molecule has 1 heteroatoms. The summed E-state index contributed by atoms with van der Waals surface area (Å²) in [6, 6.07) is 4.24. The summed E-state index contributed by atoms with van der Waals surface area (Å²) in [5.41, 5.74) is 3.81. The van der Waals surface area contributed by atoms with Crippen LogP contribution in [0.25, 0.3) is 0 Å². The standard InChI is InChI=1S/C17H28O/c1-12-8-13(10-16(2,3)4)15(18)14(9-12)11-17(5,6)7/h8-9,18H,10-11H2,1-7H3. The number of benzene rings is 1. The first-order valence-corrected chi connectivity index (χ1v) is 6.79. The highest BCUT2D eigenvalue weighted by Crippen LogP contribution is 2.34. The number of aromatic hydroxyl groups is 1. The van der Waals surface area contributed by atoms with E-state index < -0.39 is 0 Å². The lowest BCUT2D eigenvalue weighted by molar-refractivity contribution is 0.378. The fourth-order valence-electron chi connectivity index (χ4n) is 2.35. The number of hydrogen-bond acceptors (Lipinski definition) is 1. The van der Waals surface area contributed by atoms with Crippen molar-refractivity contribution in [3.05, 3.63) is 28.8 Å². The van der Waals surface area contributed by atoms with Crippen molar-refractivity contribution < 1.29 is 5.11 Å². The van der Waals surface area contributed by atoms with Gasteiger partial charge in [0.2, 0.25) is 0 Å². The highest BCUT2D eigenvalue weighted by atomic mass is 16.3. The molecule has 102 valence electrons. The fourth-order valence-corrected chi connectivity index (χ4v) is 2.35. The van der Waals surface area contributed by atoms with Gasteiger partial charge >= 0.3 is 0 Å². The summed E-state index contributed by atoms with van der Waals surface area (Å²) in [5.74, 6) is 0.505. The SMILES string of the molecule is Cc1cc(CC(C)(C)C)c(O)c(CC(C)(C)C)c1. The first-order valence-electron chi connectivity index (χ1n) is 6.79. The number of phenols is 1. The first kappa shape index (κ1) is 15.1. The molecule has 0 aliphatic carbocycles. The Labute approximate surface area is 112 Å². The van der Waals surface area contributed by atoms with Crippen LogP contribution >= 0.6 is 0 Å². The zero-order valence-electron chi connectivity index (χ0n) is 13.0. The molecule has 1 nitrogen and oxygen atoms in total. The molecule has 0 aliphatic heterocycles. The third-order valence-electron chi connectivity index (χ3n) is 2.85. The van der Waals surface area contributed by atoms with Gasteiger partial charge < -0.3 is 5.11 Å². The van der Waals surface area contributed by atoms with Crippen LogP contribution in [-0.4, -0.2) is 5.11 Å². The summed E-state index contributed by atoms with van der Waals surface area (Å²) in [5, 5.41) is 10.4. The minimum absolute atomic E-state index is 0.199. The third-order valence-corrected chi connectivity index (χ3v) is 2.85. The van der Waals surface area contributed by atoms with Crippen LogP contribution < -0.4 is 0 Å². The number of hydrogen-bond donors (Lipinski definition) is 1. The van der Waals surface area contributed by atoms with Crippen molar-refractivity contribution in [3.8, 4) is 5.75 Å². The molecule has 0 radical (unpaired) electrons. The summed E-state index contributed by atoms with van der Waals surface area (Å²) in [7, 11) is 0. The lowest BCUT2D eigenvalue weighted by Gasteiger charge is -2.23. The Balaban J connectivity index is 3.14. The molecule has 1 N–H and O–H groups in total. The van der Waals surface area contributed by atoms with Crippen LogP contribution in [0.2, 0.25) is 0 Å². The lowest BCUT2D eigenvalue weighted by atomic mass is 9.83. The smallest absolute Gasteiger partial charge is 0.122 e. The van der Waals surface area contributed by atoms with E-state index in [4.69, 9.17) is 0 Å². The molecule has 0 spiro atoms. The highest BCUT2D eigenvalue weighted by molar-refractivity contribution is 5.44. The predicted octanol–water partition coefficient (Wildman–Crippen LogP) is 4.88. The van der Waals surface area contributed by atoms with E-state index in [0.29, 0.717) is 5.75 Å². The molecular weight excluding hydrogens is 220 g/mol. The van der Waals surface area contributed by atoms with Gasteiger partial charge in [-0.2, -0.15) is 0 Å². The van der Waals surface area contributed by atoms with Crippen molar-refractivity contribution in [1.29, 1.82) is 0 Å². The van der Waals surface area contributed by atoms with Crippen molar-refractivity contribution in [2.45, 2.75) is 61.3 Å². The van der Waals surface area contributed by atoms with Gasteiger partial charge in [-0.25, -0.2) is 0 Å².